The summed E-state index contributed by atoms with van der Waals surface area (Å²) in [7, 11) is 0. The number of rotatable bonds is 1. The fourth-order valence-electron chi connectivity index (χ4n) is 1.02. The zero-order chi connectivity index (χ0) is 10.1. The molecule has 6 heteroatoms. The Hall–Kier alpha value is -0.940. The van der Waals surface area contributed by atoms with Crippen molar-refractivity contribution in [3.63, 3.8) is 0 Å². The summed E-state index contributed by atoms with van der Waals surface area (Å²) < 4.78 is 36.9. The topological polar surface area (TPSA) is 38.0 Å². The van der Waals surface area contributed by atoms with Gasteiger partial charge >= 0.3 is 6.18 Å². The first-order valence-electron chi connectivity index (χ1n) is 3.59. The van der Waals surface area contributed by atoms with E-state index < -0.39 is 11.7 Å². The highest BCUT2D eigenvalue weighted by Gasteiger charge is 2.32. The van der Waals surface area contributed by atoms with E-state index in [4.69, 9.17) is 5.84 Å². The molecular weight excluding hydrogens is 217 g/mol. The summed E-state index contributed by atoms with van der Waals surface area (Å²) in [6.07, 6.45) is -4.32. The second kappa shape index (κ2) is 4.52. The van der Waals surface area contributed by atoms with Gasteiger partial charge in [0.2, 0.25) is 0 Å². The fourth-order valence-corrected chi connectivity index (χ4v) is 1.02. The summed E-state index contributed by atoms with van der Waals surface area (Å²) in [5.41, 5.74) is 1.94. The van der Waals surface area contributed by atoms with E-state index in [2.05, 4.69) is 5.43 Å². The van der Waals surface area contributed by atoms with Gasteiger partial charge in [-0.1, -0.05) is 6.07 Å². The number of hydrogen-bond acceptors (Lipinski definition) is 2. The summed E-state index contributed by atoms with van der Waals surface area (Å²) in [6.45, 7) is 1.41. The molecule has 0 saturated heterocycles. The van der Waals surface area contributed by atoms with E-state index in [0.29, 0.717) is 0 Å². The fraction of sp³-hybridized carbons (Fsp3) is 0.250. The van der Waals surface area contributed by atoms with Crippen LogP contribution in [0.2, 0.25) is 0 Å². The summed E-state index contributed by atoms with van der Waals surface area (Å²) in [5.74, 6) is 4.99. The molecule has 0 amide bonds. The average molecular weight is 227 g/mol. The van der Waals surface area contributed by atoms with E-state index in [0.717, 1.165) is 6.07 Å². The highest BCUT2D eigenvalue weighted by Crippen LogP contribution is 2.33. The van der Waals surface area contributed by atoms with Crippen molar-refractivity contribution in [1.29, 1.82) is 0 Å². The lowest BCUT2D eigenvalue weighted by atomic mass is 10.1. The van der Waals surface area contributed by atoms with Gasteiger partial charge in [-0.3, -0.25) is 5.84 Å². The summed E-state index contributed by atoms with van der Waals surface area (Å²) in [5, 5.41) is 0. The molecule has 0 unspecified atom stereocenters. The van der Waals surface area contributed by atoms with Gasteiger partial charge < -0.3 is 5.43 Å². The Morgan fingerprint density at radius 1 is 1.29 bits per heavy atom. The van der Waals surface area contributed by atoms with Crippen LogP contribution in [-0.4, -0.2) is 0 Å². The zero-order valence-corrected chi connectivity index (χ0v) is 8.17. The minimum atomic E-state index is -4.32. The number of nitrogens with two attached hydrogens (primary N) is 1. The second-order valence-electron chi connectivity index (χ2n) is 2.67. The van der Waals surface area contributed by atoms with E-state index in [1.165, 1.54) is 19.1 Å². The van der Waals surface area contributed by atoms with Crippen LogP contribution >= 0.6 is 12.4 Å². The molecule has 0 aliphatic rings. The van der Waals surface area contributed by atoms with Gasteiger partial charge in [0, 0.05) is 5.69 Å². The van der Waals surface area contributed by atoms with Crippen LogP contribution in [0, 0.1) is 6.92 Å². The lowest BCUT2D eigenvalue weighted by molar-refractivity contribution is -0.138. The smallest absolute Gasteiger partial charge is 0.324 e. The molecule has 0 aromatic heterocycles. The van der Waals surface area contributed by atoms with E-state index in [-0.39, 0.29) is 23.7 Å². The first-order chi connectivity index (χ1) is 5.95. The number of nitrogen functional groups attached to an aromatic ring is 1. The molecule has 0 bridgehead atoms. The zero-order valence-electron chi connectivity index (χ0n) is 7.35. The molecule has 1 aromatic carbocycles. The Morgan fingerprint density at radius 3 is 2.29 bits per heavy atom. The minimum absolute atomic E-state index is 0. The molecule has 0 saturated carbocycles. The van der Waals surface area contributed by atoms with Crippen molar-refractivity contribution in [3.8, 4) is 0 Å². The van der Waals surface area contributed by atoms with Gasteiger partial charge in [0.1, 0.15) is 0 Å². The lowest BCUT2D eigenvalue weighted by Crippen LogP contribution is -2.11. The normalized spacial score (nSPS) is 10.6. The van der Waals surface area contributed by atoms with Crippen LogP contribution in [0.4, 0.5) is 18.9 Å². The van der Waals surface area contributed by atoms with Crippen LogP contribution in [0.25, 0.3) is 0 Å². The van der Waals surface area contributed by atoms with E-state index in [1.807, 2.05) is 0 Å². The van der Waals surface area contributed by atoms with Crippen molar-refractivity contribution < 1.29 is 13.2 Å². The molecule has 1 aromatic rings. The third-order valence-corrected chi connectivity index (χ3v) is 1.71. The molecule has 1 rings (SSSR count). The number of alkyl halides is 3. The van der Waals surface area contributed by atoms with Crippen molar-refractivity contribution >= 4 is 18.1 Å². The van der Waals surface area contributed by atoms with E-state index in [1.54, 1.807) is 0 Å². The Balaban J connectivity index is 0.00000169. The number of anilines is 1. The molecule has 0 heterocycles. The first-order valence-corrected chi connectivity index (χ1v) is 3.59. The second-order valence-corrected chi connectivity index (χ2v) is 2.67. The third kappa shape index (κ3) is 2.78. The predicted octanol–water partition coefficient (Wildman–Crippen LogP) is 2.72. The maximum atomic E-state index is 12.3. The van der Waals surface area contributed by atoms with Crippen molar-refractivity contribution in [1.82, 2.24) is 0 Å². The van der Waals surface area contributed by atoms with Crippen LogP contribution in [0.15, 0.2) is 18.2 Å². The molecule has 3 N–H and O–H groups in total. The predicted molar refractivity (Wildman–Crippen MR) is 51.2 cm³/mol. The van der Waals surface area contributed by atoms with Gasteiger partial charge in [0.25, 0.3) is 0 Å². The average Bonchev–Trinajstić information content (AvgIpc) is 2.03. The molecule has 14 heavy (non-hydrogen) atoms. The molecule has 0 aliphatic heterocycles. The van der Waals surface area contributed by atoms with Gasteiger partial charge in [-0.05, 0) is 24.6 Å². The van der Waals surface area contributed by atoms with Crippen molar-refractivity contribution in [2.45, 2.75) is 13.1 Å². The largest absolute Gasteiger partial charge is 0.416 e. The summed E-state index contributed by atoms with van der Waals surface area (Å²) in [4.78, 5) is 0. The molecule has 0 aliphatic carbocycles. The SMILES string of the molecule is Cc1ccc(NN)cc1C(F)(F)F.Cl. The van der Waals surface area contributed by atoms with Crippen LogP contribution in [0.1, 0.15) is 11.1 Å². The van der Waals surface area contributed by atoms with Crippen molar-refractivity contribution in [2.75, 3.05) is 5.43 Å². The maximum absolute atomic E-state index is 12.3. The van der Waals surface area contributed by atoms with Crippen LogP contribution in [-0.2, 0) is 6.18 Å². The first kappa shape index (κ1) is 13.1. The van der Waals surface area contributed by atoms with Gasteiger partial charge in [0.05, 0.1) is 5.56 Å². The molecule has 0 radical (unpaired) electrons. The summed E-state index contributed by atoms with van der Waals surface area (Å²) in [6, 6.07) is 3.85. The standard InChI is InChI=1S/C8H9F3N2.ClH/c1-5-2-3-6(13-12)4-7(5)8(9,10)11;/h2-4,13H,12H2,1H3;1H. The molecule has 0 spiro atoms. The highest BCUT2D eigenvalue weighted by atomic mass is 35.5. The molecule has 2 nitrogen and oxygen atoms in total. The van der Waals surface area contributed by atoms with Gasteiger partial charge in [-0.2, -0.15) is 13.2 Å². The number of nitrogens with one attached hydrogen (secondary N) is 1. The quantitative estimate of drug-likeness (QED) is 0.571. The minimum Gasteiger partial charge on any atom is -0.324 e. The number of aryl methyl sites for hydroxylation is 1. The number of hydrazine groups is 1. The molecule has 0 atom stereocenters. The number of halogens is 4. The maximum Gasteiger partial charge on any atom is 0.416 e. The Morgan fingerprint density at radius 2 is 1.86 bits per heavy atom. The Kier molecular flexibility index (Phi) is 4.22. The van der Waals surface area contributed by atoms with E-state index in [9.17, 15) is 13.2 Å². The number of hydrogen-bond donors (Lipinski definition) is 2. The third-order valence-electron chi connectivity index (χ3n) is 1.71. The highest BCUT2D eigenvalue weighted by molar-refractivity contribution is 5.85. The monoisotopic (exact) mass is 226 g/mol. The lowest BCUT2D eigenvalue weighted by Gasteiger charge is -2.11. The molecular formula is C8H10ClF3N2. The Labute approximate surface area is 85.7 Å². The van der Waals surface area contributed by atoms with Crippen LogP contribution in [0.3, 0.4) is 0 Å². The van der Waals surface area contributed by atoms with Gasteiger partial charge in [0.15, 0.2) is 0 Å². The number of benzene rings is 1. The molecule has 0 fully saturated rings. The van der Waals surface area contributed by atoms with Crippen LogP contribution in [0.5, 0.6) is 0 Å². The Bertz CT molecular complexity index is 312. The summed E-state index contributed by atoms with van der Waals surface area (Å²) >= 11 is 0. The van der Waals surface area contributed by atoms with Gasteiger partial charge in [-0.25, -0.2) is 0 Å². The molecule has 80 valence electrons. The van der Waals surface area contributed by atoms with Crippen LogP contribution < -0.4 is 11.3 Å². The van der Waals surface area contributed by atoms with E-state index >= 15 is 0 Å². The van der Waals surface area contributed by atoms with Crippen molar-refractivity contribution in [2.24, 2.45) is 5.84 Å². The van der Waals surface area contributed by atoms with Crippen molar-refractivity contribution in [3.05, 3.63) is 29.3 Å². The van der Waals surface area contributed by atoms with Gasteiger partial charge in [-0.15, -0.1) is 12.4 Å².